The molecule has 116 valence electrons. The predicted octanol–water partition coefficient (Wildman–Crippen LogP) is 1.58. The van der Waals surface area contributed by atoms with Crippen molar-refractivity contribution in [3.05, 3.63) is 23.5 Å². The van der Waals surface area contributed by atoms with Crippen molar-refractivity contribution in [1.82, 2.24) is 0 Å². The maximum Gasteiger partial charge on any atom is 0.341 e. The number of halogens is 1. The molecule has 1 aromatic carbocycles. The lowest BCUT2D eigenvalue weighted by atomic mass is 10.1. The lowest BCUT2D eigenvalue weighted by Crippen LogP contribution is -2.27. The fourth-order valence-corrected chi connectivity index (χ4v) is 3.82. The van der Waals surface area contributed by atoms with E-state index in [-0.39, 0.29) is 23.5 Å². The van der Waals surface area contributed by atoms with Crippen LogP contribution < -0.4 is 9.62 Å². The van der Waals surface area contributed by atoms with Crippen LogP contribution in [0.25, 0.3) is 0 Å². The van der Waals surface area contributed by atoms with E-state index in [0.717, 1.165) is 11.4 Å². The van der Waals surface area contributed by atoms with Gasteiger partial charge in [0.15, 0.2) is 5.82 Å². The molecule has 1 aliphatic rings. The number of nitrogens with zero attached hydrogens (tertiary/aromatic N) is 1. The Morgan fingerprint density at radius 3 is 2.71 bits per heavy atom. The van der Waals surface area contributed by atoms with Crippen molar-refractivity contribution in [2.75, 3.05) is 35.6 Å². The Kier molecular flexibility index (Phi) is 4.36. The Hall–Kier alpha value is -1.83. The number of rotatable bonds is 4. The summed E-state index contributed by atoms with van der Waals surface area (Å²) in [7, 11) is -2.38. The molecule has 1 aromatic rings. The summed E-state index contributed by atoms with van der Waals surface area (Å²) in [5.41, 5.74) is 0.0656. The number of nitrogens with one attached hydrogen (secondary N) is 1. The van der Waals surface area contributed by atoms with Crippen molar-refractivity contribution in [2.45, 2.75) is 13.3 Å². The molecule has 0 unspecified atom stereocenters. The summed E-state index contributed by atoms with van der Waals surface area (Å²) in [6, 6.07) is 2.71. The quantitative estimate of drug-likeness (QED) is 0.854. The molecule has 6 nitrogen and oxygen atoms in total. The highest BCUT2D eigenvalue weighted by molar-refractivity contribution is 7.93. The molecule has 1 saturated heterocycles. The summed E-state index contributed by atoms with van der Waals surface area (Å²) in [6.45, 7) is 2.60. The van der Waals surface area contributed by atoms with Gasteiger partial charge in [-0.25, -0.2) is 17.6 Å². The fraction of sp³-hybridized carbons (Fsp3) is 0.462. The van der Waals surface area contributed by atoms with Crippen LogP contribution in [0.5, 0.6) is 0 Å². The first-order chi connectivity index (χ1) is 9.90. The summed E-state index contributed by atoms with van der Waals surface area (Å²) in [5, 5.41) is 2.95. The number of hydrogen-bond donors (Lipinski definition) is 1. The number of benzene rings is 1. The van der Waals surface area contributed by atoms with Crippen molar-refractivity contribution in [3.63, 3.8) is 0 Å². The third kappa shape index (κ3) is 2.94. The SMILES string of the molecule is CCNc1cc(C(=O)OC)c(F)c(N2CCCS2(=O)=O)c1. The molecule has 1 N–H and O–H groups in total. The number of carbonyl (C=O) groups excluding carboxylic acids is 1. The number of hydrogen-bond acceptors (Lipinski definition) is 5. The van der Waals surface area contributed by atoms with Crippen molar-refractivity contribution in [2.24, 2.45) is 0 Å². The predicted molar refractivity (Wildman–Crippen MR) is 77.7 cm³/mol. The van der Waals surface area contributed by atoms with Crippen LogP contribution in [0, 0.1) is 5.82 Å². The highest BCUT2D eigenvalue weighted by atomic mass is 32.2. The zero-order valence-corrected chi connectivity index (χ0v) is 12.7. The third-order valence-electron chi connectivity index (χ3n) is 3.21. The molecular formula is C13H17FN2O4S. The molecule has 21 heavy (non-hydrogen) atoms. The number of anilines is 2. The molecule has 0 aliphatic carbocycles. The smallest absolute Gasteiger partial charge is 0.341 e. The van der Waals surface area contributed by atoms with Gasteiger partial charge in [-0.1, -0.05) is 0 Å². The molecular weight excluding hydrogens is 299 g/mol. The van der Waals surface area contributed by atoms with Gasteiger partial charge in [-0.15, -0.1) is 0 Å². The molecule has 2 rings (SSSR count). The minimum absolute atomic E-state index is 0.0224. The van der Waals surface area contributed by atoms with Gasteiger partial charge < -0.3 is 10.1 Å². The first-order valence-corrected chi connectivity index (χ1v) is 8.17. The van der Waals surface area contributed by atoms with Gasteiger partial charge in [-0.2, -0.15) is 0 Å². The number of ether oxygens (including phenoxy) is 1. The van der Waals surface area contributed by atoms with E-state index in [4.69, 9.17) is 0 Å². The second kappa shape index (κ2) is 5.88. The van der Waals surface area contributed by atoms with Gasteiger partial charge >= 0.3 is 5.97 Å². The molecule has 1 fully saturated rings. The lowest BCUT2D eigenvalue weighted by molar-refractivity contribution is 0.0595. The van der Waals surface area contributed by atoms with Gasteiger partial charge in [0.05, 0.1) is 24.1 Å². The monoisotopic (exact) mass is 316 g/mol. The molecule has 0 spiro atoms. The van der Waals surface area contributed by atoms with Crippen LogP contribution in [-0.2, 0) is 14.8 Å². The molecule has 1 aliphatic heterocycles. The van der Waals surface area contributed by atoms with Gasteiger partial charge in [0.1, 0.15) is 0 Å². The van der Waals surface area contributed by atoms with Crippen molar-refractivity contribution in [3.8, 4) is 0 Å². The van der Waals surface area contributed by atoms with Crippen LogP contribution in [-0.4, -0.2) is 40.3 Å². The molecule has 1 heterocycles. The summed E-state index contributed by atoms with van der Waals surface area (Å²) >= 11 is 0. The third-order valence-corrected chi connectivity index (χ3v) is 5.06. The first kappa shape index (κ1) is 15.6. The molecule has 0 aromatic heterocycles. The highest BCUT2D eigenvalue weighted by Gasteiger charge is 2.32. The number of carbonyl (C=O) groups is 1. The van der Waals surface area contributed by atoms with E-state index in [2.05, 4.69) is 10.1 Å². The normalized spacial score (nSPS) is 16.8. The van der Waals surface area contributed by atoms with E-state index in [1.807, 2.05) is 6.92 Å². The number of sulfonamides is 1. The zero-order valence-electron chi connectivity index (χ0n) is 11.8. The molecule has 0 bridgehead atoms. The molecule has 0 atom stereocenters. The van der Waals surface area contributed by atoms with Gasteiger partial charge in [-0.05, 0) is 25.5 Å². The standard InChI is InChI=1S/C13H17FN2O4S/c1-3-15-9-7-10(13(17)20-2)12(14)11(8-9)16-5-4-6-21(16,18)19/h7-8,15H,3-6H2,1-2H3. The van der Waals surface area contributed by atoms with E-state index in [1.165, 1.54) is 12.1 Å². The van der Waals surface area contributed by atoms with E-state index < -0.39 is 21.8 Å². The van der Waals surface area contributed by atoms with Crippen LogP contribution in [0.4, 0.5) is 15.8 Å². The number of methoxy groups -OCH3 is 1. The number of esters is 1. The van der Waals surface area contributed by atoms with Crippen LogP contribution in [0.2, 0.25) is 0 Å². The Labute approximate surface area is 122 Å². The van der Waals surface area contributed by atoms with Crippen molar-refractivity contribution >= 4 is 27.4 Å². The zero-order chi connectivity index (χ0) is 15.6. The Morgan fingerprint density at radius 1 is 1.48 bits per heavy atom. The molecule has 8 heteroatoms. The fourth-order valence-electron chi connectivity index (χ4n) is 2.27. The van der Waals surface area contributed by atoms with Gasteiger partial charge in [0, 0.05) is 18.8 Å². The van der Waals surface area contributed by atoms with Crippen LogP contribution in [0.15, 0.2) is 12.1 Å². The lowest BCUT2D eigenvalue weighted by Gasteiger charge is -2.20. The topological polar surface area (TPSA) is 75.7 Å². The second-order valence-electron chi connectivity index (χ2n) is 4.62. The average molecular weight is 316 g/mol. The highest BCUT2D eigenvalue weighted by Crippen LogP contribution is 2.32. The minimum Gasteiger partial charge on any atom is -0.465 e. The maximum absolute atomic E-state index is 14.5. The van der Waals surface area contributed by atoms with Gasteiger partial charge in [-0.3, -0.25) is 4.31 Å². The second-order valence-corrected chi connectivity index (χ2v) is 6.63. The Balaban J connectivity index is 2.59. The summed E-state index contributed by atoms with van der Waals surface area (Å²) in [5.74, 6) is -1.75. The molecule has 0 radical (unpaired) electrons. The van der Waals surface area contributed by atoms with Crippen LogP contribution in [0.3, 0.4) is 0 Å². The average Bonchev–Trinajstić information content (AvgIpc) is 2.79. The summed E-state index contributed by atoms with van der Waals surface area (Å²) < 4.78 is 44.0. The van der Waals surface area contributed by atoms with Crippen molar-refractivity contribution in [1.29, 1.82) is 0 Å². The Morgan fingerprint density at radius 2 is 2.19 bits per heavy atom. The first-order valence-electron chi connectivity index (χ1n) is 6.57. The maximum atomic E-state index is 14.5. The van der Waals surface area contributed by atoms with E-state index in [1.54, 1.807) is 0 Å². The Bertz CT molecular complexity index is 660. The molecule has 0 saturated carbocycles. The van der Waals surface area contributed by atoms with Crippen LogP contribution >= 0.6 is 0 Å². The van der Waals surface area contributed by atoms with Crippen LogP contribution in [0.1, 0.15) is 23.7 Å². The molecule has 0 amide bonds. The largest absolute Gasteiger partial charge is 0.465 e. The van der Waals surface area contributed by atoms with E-state index >= 15 is 0 Å². The van der Waals surface area contributed by atoms with Crippen molar-refractivity contribution < 1.29 is 22.3 Å². The minimum atomic E-state index is -3.53. The summed E-state index contributed by atoms with van der Waals surface area (Å²) in [6.07, 6.45) is 0.431. The van der Waals surface area contributed by atoms with Gasteiger partial charge in [0.2, 0.25) is 10.0 Å². The van der Waals surface area contributed by atoms with E-state index in [9.17, 15) is 17.6 Å². The van der Waals surface area contributed by atoms with E-state index in [0.29, 0.717) is 18.7 Å². The summed E-state index contributed by atoms with van der Waals surface area (Å²) in [4.78, 5) is 11.7. The van der Waals surface area contributed by atoms with Gasteiger partial charge in [0.25, 0.3) is 0 Å².